The van der Waals surface area contributed by atoms with Crippen molar-refractivity contribution < 1.29 is 27.4 Å². The Bertz CT molecular complexity index is 1170. The van der Waals surface area contributed by atoms with E-state index in [0.717, 1.165) is 10.4 Å². The third-order valence-corrected chi connectivity index (χ3v) is 7.72. The summed E-state index contributed by atoms with van der Waals surface area (Å²) in [5, 5.41) is 9.74. The molecule has 2 heterocycles. The molecule has 1 amide bonds. The number of fused-ring (bicyclic) bond motifs is 1. The van der Waals surface area contributed by atoms with E-state index in [2.05, 4.69) is 4.98 Å². The average molecular weight is 492 g/mol. The first-order chi connectivity index (χ1) is 16.1. The van der Waals surface area contributed by atoms with Gasteiger partial charge in [-0.3, -0.25) is 4.79 Å². The summed E-state index contributed by atoms with van der Waals surface area (Å²) in [7, 11) is -2.76. The number of allylic oxidation sites excluding steroid dienone is 1. The number of aromatic nitrogens is 1. The fourth-order valence-corrected chi connectivity index (χ4v) is 5.04. The van der Waals surface area contributed by atoms with E-state index in [1.807, 2.05) is 19.9 Å². The highest BCUT2D eigenvalue weighted by molar-refractivity contribution is 7.89. The fourth-order valence-electron chi connectivity index (χ4n) is 3.79. The summed E-state index contributed by atoms with van der Waals surface area (Å²) in [4.78, 5) is 18.8. The molecular weight excluding hydrogens is 461 g/mol. The molecule has 0 aliphatic carbocycles. The Morgan fingerprint density at radius 2 is 2.09 bits per heavy atom. The lowest BCUT2D eigenvalue weighted by Gasteiger charge is -2.37. The predicted octanol–water partition coefficient (Wildman–Crippen LogP) is 2.79. The summed E-state index contributed by atoms with van der Waals surface area (Å²) in [5.41, 5.74) is 0.937. The molecule has 1 N–H and O–H groups in total. The first kappa shape index (κ1) is 25.8. The van der Waals surface area contributed by atoms with Crippen molar-refractivity contribution >= 4 is 22.0 Å². The van der Waals surface area contributed by atoms with Crippen LogP contribution in [-0.2, 0) is 10.0 Å². The fraction of sp³-hybridized carbons (Fsp3) is 0.417. The van der Waals surface area contributed by atoms with Gasteiger partial charge in [0.1, 0.15) is 22.4 Å². The van der Waals surface area contributed by atoms with Crippen LogP contribution in [0, 0.1) is 11.7 Å². The summed E-state index contributed by atoms with van der Waals surface area (Å²) in [5.74, 6) is -1.39. The molecule has 0 saturated heterocycles. The second kappa shape index (κ2) is 10.6. The number of rotatable bonds is 7. The topological polar surface area (TPSA) is 100 Å². The molecule has 184 valence electrons. The van der Waals surface area contributed by atoms with Crippen LogP contribution in [0.5, 0.6) is 5.88 Å². The Kier molecular flexibility index (Phi) is 8.06. The van der Waals surface area contributed by atoms with Crippen LogP contribution in [0.25, 0.3) is 6.08 Å². The lowest BCUT2D eigenvalue weighted by molar-refractivity contribution is 0.0373. The number of hydrogen-bond donors (Lipinski definition) is 1. The Morgan fingerprint density at radius 3 is 2.74 bits per heavy atom. The van der Waals surface area contributed by atoms with Crippen LogP contribution in [-0.4, -0.2) is 72.5 Å². The number of nitrogens with zero attached hydrogens (tertiary/aromatic N) is 3. The molecule has 0 radical (unpaired) electrons. The summed E-state index contributed by atoms with van der Waals surface area (Å²) in [6, 6.07) is 6.39. The van der Waals surface area contributed by atoms with Crippen molar-refractivity contribution in [3.63, 3.8) is 0 Å². The minimum absolute atomic E-state index is 0.0848. The first-order valence-corrected chi connectivity index (χ1v) is 12.5. The third-order valence-electron chi connectivity index (χ3n) is 5.86. The van der Waals surface area contributed by atoms with Crippen LogP contribution in [0.1, 0.15) is 36.7 Å². The lowest BCUT2D eigenvalue weighted by Crippen LogP contribution is -2.50. The standard InChI is InChI=1S/C24H30FN3O5S/c1-5-8-18-11-19-23(26-12-18)33-21(16(2)13-28(24(19)30)17(3)15-29)14-27(4)34(31,32)22-10-7-6-9-20(22)25/h5-12,16-17,21,29H,13-15H2,1-4H3/t16-,17+,21-/m0/s1. The number of hydrogen-bond acceptors (Lipinski definition) is 6. The van der Waals surface area contributed by atoms with E-state index in [1.165, 1.54) is 25.2 Å². The average Bonchev–Trinajstić information content (AvgIpc) is 2.81. The first-order valence-electron chi connectivity index (χ1n) is 11.0. The second-order valence-corrected chi connectivity index (χ2v) is 10.5. The number of amides is 1. The number of sulfonamides is 1. The zero-order chi connectivity index (χ0) is 25.0. The predicted molar refractivity (Wildman–Crippen MR) is 126 cm³/mol. The SMILES string of the molecule is CC=Cc1cnc2c(c1)C(=O)N([C@H](C)CO)C[C@H](C)[C@H](CN(C)S(=O)(=O)c1ccccc1F)O2. The van der Waals surface area contributed by atoms with Gasteiger partial charge in [0.2, 0.25) is 15.9 Å². The molecule has 1 aliphatic rings. The van der Waals surface area contributed by atoms with Gasteiger partial charge in [-0.2, -0.15) is 4.31 Å². The van der Waals surface area contributed by atoms with Gasteiger partial charge in [-0.25, -0.2) is 17.8 Å². The molecule has 1 aromatic heterocycles. The number of aliphatic hydroxyl groups is 1. The van der Waals surface area contributed by atoms with Crippen molar-refractivity contribution in [3.05, 3.63) is 59.5 Å². The largest absolute Gasteiger partial charge is 0.472 e. The number of benzene rings is 1. The summed E-state index contributed by atoms with van der Waals surface area (Å²) < 4.78 is 47.4. The summed E-state index contributed by atoms with van der Waals surface area (Å²) in [6.07, 6.45) is 4.49. The van der Waals surface area contributed by atoms with Gasteiger partial charge in [0.05, 0.1) is 19.2 Å². The van der Waals surface area contributed by atoms with Crippen molar-refractivity contribution in [3.8, 4) is 5.88 Å². The van der Waals surface area contributed by atoms with Crippen LogP contribution in [0.3, 0.4) is 0 Å². The van der Waals surface area contributed by atoms with Crippen LogP contribution in [0.4, 0.5) is 4.39 Å². The number of aliphatic hydroxyl groups excluding tert-OH is 1. The summed E-state index contributed by atoms with van der Waals surface area (Å²) >= 11 is 0. The second-order valence-electron chi connectivity index (χ2n) is 8.46. The number of pyridine rings is 1. The van der Waals surface area contributed by atoms with Gasteiger partial charge in [0, 0.05) is 25.7 Å². The molecule has 0 bridgehead atoms. The van der Waals surface area contributed by atoms with Crippen LogP contribution in [0.15, 0.2) is 47.5 Å². The van der Waals surface area contributed by atoms with Crippen molar-refractivity contribution in [2.24, 2.45) is 5.92 Å². The third kappa shape index (κ3) is 5.29. The Hall–Kier alpha value is -2.82. The molecule has 0 unspecified atom stereocenters. The minimum Gasteiger partial charge on any atom is -0.472 e. The van der Waals surface area contributed by atoms with E-state index in [-0.39, 0.29) is 43.0 Å². The molecule has 3 rings (SSSR count). The maximum Gasteiger partial charge on any atom is 0.259 e. The molecule has 10 heteroatoms. The molecule has 0 saturated carbocycles. The van der Waals surface area contributed by atoms with Gasteiger partial charge in [-0.05, 0) is 37.6 Å². The maximum absolute atomic E-state index is 14.2. The van der Waals surface area contributed by atoms with Gasteiger partial charge in [0.25, 0.3) is 5.91 Å². The molecule has 34 heavy (non-hydrogen) atoms. The van der Waals surface area contributed by atoms with Gasteiger partial charge in [0.15, 0.2) is 0 Å². The molecule has 1 aromatic carbocycles. The van der Waals surface area contributed by atoms with E-state index in [9.17, 15) is 22.7 Å². The molecule has 2 aromatic rings. The van der Waals surface area contributed by atoms with E-state index in [1.54, 1.807) is 30.2 Å². The maximum atomic E-state index is 14.2. The Labute approximate surface area is 199 Å². The Balaban J connectivity index is 1.99. The monoisotopic (exact) mass is 491 g/mol. The minimum atomic E-state index is -4.12. The quantitative estimate of drug-likeness (QED) is 0.639. The van der Waals surface area contributed by atoms with Crippen molar-refractivity contribution in [2.75, 3.05) is 26.7 Å². The number of ether oxygens (including phenoxy) is 1. The van der Waals surface area contributed by atoms with E-state index in [0.29, 0.717) is 5.56 Å². The van der Waals surface area contributed by atoms with E-state index < -0.39 is 32.9 Å². The van der Waals surface area contributed by atoms with E-state index >= 15 is 0 Å². The molecular formula is C24H30FN3O5S. The van der Waals surface area contributed by atoms with Crippen molar-refractivity contribution in [2.45, 2.75) is 37.8 Å². The zero-order valence-corrected chi connectivity index (χ0v) is 20.5. The van der Waals surface area contributed by atoms with Gasteiger partial charge in [-0.15, -0.1) is 0 Å². The summed E-state index contributed by atoms with van der Waals surface area (Å²) in [6.45, 7) is 5.32. The molecule has 8 nitrogen and oxygen atoms in total. The highest BCUT2D eigenvalue weighted by Crippen LogP contribution is 2.28. The molecule has 0 spiro atoms. The lowest BCUT2D eigenvalue weighted by atomic mass is 10.00. The molecule has 3 atom stereocenters. The van der Waals surface area contributed by atoms with Crippen molar-refractivity contribution in [1.82, 2.24) is 14.2 Å². The van der Waals surface area contributed by atoms with Gasteiger partial charge >= 0.3 is 0 Å². The highest BCUT2D eigenvalue weighted by Gasteiger charge is 2.36. The van der Waals surface area contributed by atoms with Crippen LogP contribution in [0.2, 0.25) is 0 Å². The highest BCUT2D eigenvalue weighted by atomic mass is 32.2. The van der Waals surface area contributed by atoms with Gasteiger partial charge in [-0.1, -0.05) is 31.2 Å². The Morgan fingerprint density at radius 1 is 1.38 bits per heavy atom. The zero-order valence-electron chi connectivity index (χ0n) is 19.7. The number of halogens is 1. The van der Waals surface area contributed by atoms with Crippen LogP contribution >= 0.6 is 0 Å². The number of carbonyl (C=O) groups is 1. The van der Waals surface area contributed by atoms with Crippen molar-refractivity contribution in [1.29, 1.82) is 0 Å². The number of carbonyl (C=O) groups excluding carboxylic acids is 1. The normalized spacial score (nSPS) is 20.1. The number of likely N-dealkylation sites (N-methyl/N-ethyl adjacent to an activating group) is 1. The van der Waals surface area contributed by atoms with E-state index in [4.69, 9.17) is 4.74 Å². The van der Waals surface area contributed by atoms with Crippen LogP contribution < -0.4 is 4.74 Å². The molecule has 1 aliphatic heterocycles. The van der Waals surface area contributed by atoms with Gasteiger partial charge < -0.3 is 14.7 Å². The molecule has 0 fully saturated rings. The smallest absolute Gasteiger partial charge is 0.259 e.